The number of benzene rings is 3. The largest absolute Gasteiger partial charge is 0.495 e. The van der Waals surface area contributed by atoms with E-state index < -0.39 is 0 Å². The third-order valence-corrected chi connectivity index (χ3v) is 6.93. The minimum Gasteiger partial charge on any atom is -0.495 e. The van der Waals surface area contributed by atoms with Crippen LogP contribution in [0.4, 0.5) is 10.1 Å². The molecule has 4 rings (SSSR count). The lowest BCUT2D eigenvalue weighted by Crippen LogP contribution is -2.43. The second-order valence-electron chi connectivity index (χ2n) is 9.34. The molecule has 1 amide bonds. The summed E-state index contributed by atoms with van der Waals surface area (Å²) in [5.74, 6) is 0.236. The molecule has 194 valence electrons. The van der Waals surface area contributed by atoms with Gasteiger partial charge in [0.15, 0.2) is 5.78 Å². The molecule has 0 atom stereocenters. The molecular weight excluding hydrogens is 469 g/mol. The van der Waals surface area contributed by atoms with Gasteiger partial charge in [-0.1, -0.05) is 24.3 Å². The van der Waals surface area contributed by atoms with Crippen LogP contribution in [0.1, 0.15) is 39.1 Å². The molecule has 0 unspecified atom stereocenters. The second-order valence-corrected chi connectivity index (χ2v) is 9.34. The number of nitrogens with one attached hydrogen (secondary N) is 1. The van der Waals surface area contributed by atoms with Crippen LogP contribution in [0.15, 0.2) is 72.8 Å². The number of anilines is 1. The van der Waals surface area contributed by atoms with Gasteiger partial charge in [-0.2, -0.15) is 0 Å². The van der Waals surface area contributed by atoms with Crippen LogP contribution in [0, 0.1) is 11.7 Å². The van der Waals surface area contributed by atoms with Gasteiger partial charge in [-0.25, -0.2) is 4.39 Å². The number of piperidine rings is 1. The van der Waals surface area contributed by atoms with Crippen LogP contribution in [0.3, 0.4) is 0 Å². The number of likely N-dealkylation sites (tertiary alicyclic amines) is 1. The Morgan fingerprint density at radius 3 is 2.27 bits per heavy atom. The quantitative estimate of drug-likeness (QED) is 0.403. The number of rotatable bonds is 10. The molecule has 1 heterocycles. The highest BCUT2D eigenvalue weighted by Crippen LogP contribution is 2.29. The summed E-state index contributed by atoms with van der Waals surface area (Å²) in [6.07, 6.45) is 1.48. The van der Waals surface area contributed by atoms with E-state index in [9.17, 15) is 14.0 Å². The first-order valence-electron chi connectivity index (χ1n) is 12.7. The van der Waals surface area contributed by atoms with Crippen molar-refractivity contribution in [2.45, 2.75) is 19.4 Å². The molecule has 1 fully saturated rings. The first-order chi connectivity index (χ1) is 18.0. The van der Waals surface area contributed by atoms with E-state index >= 15 is 0 Å². The SMILES string of the molecule is CNCc1ccc(C(=O)N(CCN2CCC(C(=O)c3ccc(F)cc3)CC2)c2ccccc2OC)cc1. The lowest BCUT2D eigenvalue weighted by Gasteiger charge is -2.33. The number of amides is 1. The molecule has 1 aliphatic heterocycles. The number of halogens is 1. The summed E-state index contributed by atoms with van der Waals surface area (Å²) in [5.41, 5.74) is 3.03. The molecule has 1 saturated heterocycles. The van der Waals surface area contributed by atoms with Crippen LogP contribution in [0.2, 0.25) is 0 Å². The fourth-order valence-corrected chi connectivity index (χ4v) is 4.82. The van der Waals surface area contributed by atoms with E-state index in [2.05, 4.69) is 10.2 Å². The predicted molar refractivity (Wildman–Crippen MR) is 144 cm³/mol. The Kier molecular flexibility index (Phi) is 9.04. The number of para-hydroxylation sites is 2. The summed E-state index contributed by atoms with van der Waals surface area (Å²) < 4.78 is 18.8. The highest BCUT2D eigenvalue weighted by molar-refractivity contribution is 6.07. The summed E-state index contributed by atoms with van der Waals surface area (Å²) in [6.45, 7) is 3.45. The van der Waals surface area contributed by atoms with Crippen molar-refractivity contribution >= 4 is 17.4 Å². The van der Waals surface area contributed by atoms with Crippen LogP contribution >= 0.6 is 0 Å². The van der Waals surface area contributed by atoms with Gasteiger partial charge in [0, 0.05) is 36.7 Å². The van der Waals surface area contributed by atoms with E-state index in [0.717, 1.165) is 43.7 Å². The van der Waals surface area contributed by atoms with E-state index in [4.69, 9.17) is 4.74 Å². The van der Waals surface area contributed by atoms with Crippen LogP contribution < -0.4 is 15.0 Å². The van der Waals surface area contributed by atoms with Crippen molar-refractivity contribution in [3.63, 3.8) is 0 Å². The van der Waals surface area contributed by atoms with Crippen LogP contribution in [0.25, 0.3) is 0 Å². The molecule has 1 N–H and O–H groups in total. The van der Waals surface area contributed by atoms with Crippen molar-refractivity contribution in [2.24, 2.45) is 5.92 Å². The van der Waals surface area contributed by atoms with Crippen molar-refractivity contribution in [1.82, 2.24) is 10.2 Å². The number of nitrogens with zero attached hydrogens (tertiary/aromatic N) is 2. The number of ketones is 1. The zero-order valence-corrected chi connectivity index (χ0v) is 21.5. The van der Waals surface area contributed by atoms with Gasteiger partial charge in [0.05, 0.1) is 12.8 Å². The van der Waals surface area contributed by atoms with Crippen molar-refractivity contribution in [3.05, 3.63) is 95.3 Å². The molecule has 1 aliphatic rings. The lowest BCUT2D eigenvalue weighted by atomic mass is 9.89. The maximum absolute atomic E-state index is 13.6. The zero-order valence-electron chi connectivity index (χ0n) is 21.5. The highest BCUT2D eigenvalue weighted by atomic mass is 19.1. The van der Waals surface area contributed by atoms with Crippen LogP contribution in [0.5, 0.6) is 5.75 Å². The maximum atomic E-state index is 13.6. The minimum absolute atomic E-state index is 0.0650. The van der Waals surface area contributed by atoms with Gasteiger partial charge in [0.1, 0.15) is 11.6 Å². The Balaban J connectivity index is 1.43. The van der Waals surface area contributed by atoms with Gasteiger partial charge in [0.2, 0.25) is 0 Å². The van der Waals surface area contributed by atoms with Gasteiger partial charge in [-0.05, 0) is 87.1 Å². The van der Waals surface area contributed by atoms with E-state index in [-0.39, 0.29) is 23.4 Å². The van der Waals surface area contributed by atoms with Crippen molar-refractivity contribution in [3.8, 4) is 5.75 Å². The Morgan fingerprint density at radius 1 is 0.973 bits per heavy atom. The summed E-state index contributed by atoms with van der Waals surface area (Å²) in [7, 11) is 3.50. The fraction of sp³-hybridized carbons (Fsp3) is 0.333. The maximum Gasteiger partial charge on any atom is 0.258 e. The Hall–Kier alpha value is -3.55. The van der Waals surface area contributed by atoms with E-state index in [1.54, 1.807) is 24.1 Å². The van der Waals surface area contributed by atoms with E-state index in [0.29, 0.717) is 30.0 Å². The standard InChI is InChI=1S/C30H34FN3O3/c1-32-21-22-7-9-25(10-8-22)30(36)34(27-5-3-4-6-28(27)37-2)20-19-33-17-15-24(16-18-33)29(35)23-11-13-26(31)14-12-23/h3-14,24,32H,15-21H2,1-2H3. The molecule has 3 aromatic rings. The molecular formula is C30H34FN3O3. The molecule has 0 bridgehead atoms. The number of methoxy groups -OCH3 is 1. The summed E-state index contributed by atoms with van der Waals surface area (Å²) in [5, 5.41) is 3.12. The molecule has 0 aliphatic carbocycles. The number of carbonyl (C=O) groups excluding carboxylic acids is 2. The zero-order chi connectivity index (χ0) is 26.2. The number of hydrogen-bond donors (Lipinski definition) is 1. The summed E-state index contributed by atoms with van der Waals surface area (Å²) in [4.78, 5) is 30.6. The van der Waals surface area contributed by atoms with E-state index in [1.807, 2.05) is 55.6 Å². The third-order valence-electron chi connectivity index (χ3n) is 6.93. The number of carbonyl (C=O) groups is 2. The topological polar surface area (TPSA) is 61.9 Å². The van der Waals surface area contributed by atoms with Gasteiger partial charge >= 0.3 is 0 Å². The number of ether oxygens (including phenoxy) is 1. The molecule has 7 heteroatoms. The molecule has 0 radical (unpaired) electrons. The highest BCUT2D eigenvalue weighted by Gasteiger charge is 2.27. The first kappa shape index (κ1) is 26.5. The van der Waals surface area contributed by atoms with E-state index in [1.165, 1.54) is 12.1 Å². The van der Waals surface area contributed by atoms with Gasteiger partial charge < -0.3 is 19.9 Å². The van der Waals surface area contributed by atoms with Crippen molar-refractivity contribution < 1.29 is 18.7 Å². The Bertz CT molecular complexity index is 1190. The smallest absolute Gasteiger partial charge is 0.258 e. The molecule has 0 spiro atoms. The third kappa shape index (κ3) is 6.61. The predicted octanol–water partition coefficient (Wildman–Crippen LogP) is 4.80. The number of Topliss-reactive ketones (excluding diaryl/α,β-unsaturated/α-hetero) is 1. The molecule has 3 aromatic carbocycles. The number of hydrogen-bond acceptors (Lipinski definition) is 5. The normalized spacial score (nSPS) is 14.4. The van der Waals surface area contributed by atoms with Gasteiger partial charge in [0.25, 0.3) is 5.91 Å². The van der Waals surface area contributed by atoms with Crippen molar-refractivity contribution in [1.29, 1.82) is 0 Å². The lowest BCUT2D eigenvalue weighted by molar-refractivity contribution is 0.0841. The average Bonchev–Trinajstić information content (AvgIpc) is 2.94. The van der Waals surface area contributed by atoms with Crippen LogP contribution in [-0.4, -0.2) is 56.9 Å². The Labute approximate surface area is 218 Å². The summed E-state index contributed by atoms with van der Waals surface area (Å²) in [6, 6.07) is 21.0. The van der Waals surface area contributed by atoms with Gasteiger partial charge in [-0.3, -0.25) is 9.59 Å². The van der Waals surface area contributed by atoms with Crippen LogP contribution in [-0.2, 0) is 6.54 Å². The second kappa shape index (κ2) is 12.6. The molecule has 37 heavy (non-hydrogen) atoms. The summed E-state index contributed by atoms with van der Waals surface area (Å²) >= 11 is 0. The van der Waals surface area contributed by atoms with Gasteiger partial charge in [-0.15, -0.1) is 0 Å². The Morgan fingerprint density at radius 2 is 1.62 bits per heavy atom. The molecule has 0 aromatic heterocycles. The monoisotopic (exact) mass is 503 g/mol. The van der Waals surface area contributed by atoms with Crippen molar-refractivity contribution in [2.75, 3.05) is 45.2 Å². The molecule has 0 saturated carbocycles. The molecule has 6 nitrogen and oxygen atoms in total. The minimum atomic E-state index is -0.338. The average molecular weight is 504 g/mol. The first-order valence-corrected chi connectivity index (χ1v) is 12.7. The fourth-order valence-electron chi connectivity index (χ4n) is 4.82.